The van der Waals surface area contributed by atoms with Crippen LogP contribution in [0, 0.1) is 11.3 Å². The second-order valence-electron chi connectivity index (χ2n) is 3.16. The van der Waals surface area contributed by atoms with Gasteiger partial charge in [-0.15, -0.1) is 11.3 Å². The lowest BCUT2D eigenvalue weighted by Gasteiger charge is -2.21. The Balaban J connectivity index is 2.94. The van der Waals surface area contributed by atoms with Gasteiger partial charge in [0.2, 0.25) is 0 Å². The van der Waals surface area contributed by atoms with Gasteiger partial charge >= 0.3 is 0 Å². The highest BCUT2D eigenvalue weighted by Crippen LogP contribution is 2.21. The van der Waals surface area contributed by atoms with Gasteiger partial charge in [0, 0.05) is 13.1 Å². The molecule has 0 aliphatic heterocycles. The molecule has 1 atom stereocenters. The van der Waals surface area contributed by atoms with Crippen LogP contribution >= 0.6 is 11.3 Å². The number of hydrogen-bond acceptors (Lipinski definition) is 4. The zero-order valence-corrected chi connectivity index (χ0v) is 10.2. The van der Waals surface area contributed by atoms with E-state index in [4.69, 9.17) is 5.26 Å². The second kappa shape index (κ2) is 4.75. The van der Waals surface area contributed by atoms with Crippen molar-refractivity contribution in [2.75, 3.05) is 7.05 Å². The number of nitriles is 1. The normalized spacial score (nSPS) is 13.7. The SMILES string of the molecule is CC(CC#N)N(C)S(=O)(=O)c1cccs1. The van der Waals surface area contributed by atoms with E-state index >= 15 is 0 Å². The molecule has 1 aromatic rings. The van der Waals surface area contributed by atoms with Crippen LogP contribution in [-0.2, 0) is 10.0 Å². The molecule has 0 fully saturated rings. The summed E-state index contributed by atoms with van der Waals surface area (Å²) in [5.74, 6) is 0. The molecule has 4 nitrogen and oxygen atoms in total. The molecule has 6 heteroatoms. The van der Waals surface area contributed by atoms with Gasteiger partial charge in [0.15, 0.2) is 0 Å². The smallest absolute Gasteiger partial charge is 0.206 e. The van der Waals surface area contributed by atoms with Crippen molar-refractivity contribution in [2.24, 2.45) is 0 Å². The summed E-state index contributed by atoms with van der Waals surface area (Å²) in [5.41, 5.74) is 0. The minimum atomic E-state index is -3.42. The lowest BCUT2D eigenvalue weighted by molar-refractivity contribution is 0.394. The fraction of sp³-hybridized carbons (Fsp3) is 0.444. The topological polar surface area (TPSA) is 61.2 Å². The largest absolute Gasteiger partial charge is 0.252 e. The quantitative estimate of drug-likeness (QED) is 0.809. The molecule has 0 spiro atoms. The van der Waals surface area contributed by atoms with E-state index in [0.29, 0.717) is 4.21 Å². The van der Waals surface area contributed by atoms with Gasteiger partial charge in [0.05, 0.1) is 12.5 Å². The highest BCUT2D eigenvalue weighted by atomic mass is 32.2. The van der Waals surface area contributed by atoms with E-state index in [9.17, 15) is 8.42 Å². The summed E-state index contributed by atoms with van der Waals surface area (Å²) in [6.45, 7) is 1.72. The van der Waals surface area contributed by atoms with Crippen molar-refractivity contribution in [3.63, 3.8) is 0 Å². The zero-order valence-electron chi connectivity index (χ0n) is 8.54. The Bertz CT molecular complexity index is 445. The molecular formula is C9H12N2O2S2. The van der Waals surface area contributed by atoms with Crippen molar-refractivity contribution in [3.8, 4) is 6.07 Å². The highest BCUT2D eigenvalue weighted by Gasteiger charge is 2.25. The maximum Gasteiger partial charge on any atom is 0.252 e. The van der Waals surface area contributed by atoms with Crippen LogP contribution in [0.2, 0.25) is 0 Å². The average molecular weight is 244 g/mol. The van der Waals surface area contributed by atoms with E-state index in [-0.39, 0.29) is 12.5 Å². The summed E-state index contributed by atoms with van der Waals surface area (Å²) in [4.78, 5) is 0. The monoisotopic (exact) mass is 244 g/mol. The van der Waals surface area contributed by atoms with Gasteiger partial charge in [-0.25, -0.2) is 8.42 Å². The van der Waals surface area contributed by atoms with Gasteiger partial charge < -0.3 is 0 Å². The molecule has 0 bridgehead atoms. The fourth-order valence-electron chi connectivity index (χ4n) is 1.05. The van der Waals surface area contributed by atoms with Crippen molar-refractivity contribution < 1.29 is 8.42 Å². The minimum absolute atomic E-state index is 0.196. The number of rotatable bonds is 4. The Morgan fingerprint density at radius 1 is 1.67 bits per heavy atom. The maximum absolute atomic E-state index is 11.9. The van der Waals surface area contributed by atoms with Gasteiger partial charge in [-0.05, 0) is 18.4 Å². The first-order valence-corrected chi connectivity index (χ1v) is 6.70. The lowest BCUT2D eigenvalue weighted by Crippen LogP contribution is -2.34. The number of nitrogens with zero attached hydrogens (tertiary/aromatic N) is 2. The molecule has 1 unspecified atom stereocenters. The second-order valence-corrected chi connectivity index (χ2v) is 6.34. The Morgan fingerprint density at radius 2 is 2.33 bits per heavy atom. The van der Waals surface area contributed by atoms with Crippen LogP contribution in [0.25, 0.3) is 0 Å². The van der Waals surface area contributed by atoms with Crippen molar-refractivity contribution in [2.45, 2.75) is 23.6 Å². The molecule has 0 aliphatic carbocycles. The summed E-state index contributed by atoms with van der Waals surface area (Å²) in [6, 6.07) is 4.92. The average Bonchev–Trinajstić information content (AvgIpc) is 2.70. The van der Waals surface area contributed by atoms with Crippen LogP contribution in [-0.4, -0.2) is 25.8 Å². The van der Waals surface area contributed by atoms with E-state index in [1.54, 1.807) is 24.4 Å². The third-order valence-corrected chi connectivity index (χ3v) is 5.48. The maximum atomic E-state index is 11.9. The van der Waals surface area contributed by atoms with Crippen LogP contribution in [0.15, 0.2) is 21.7 Å². The van der Waals surface area contributed by atoms with E-state index in [0.717, 1.165) is 0 Å². The molecule has 0 radical (unpaired) electrons. The van der Waals surface area contributed by atoms with Gasteiger partial charge in [-0.2, -0.15) is 9.57 Å². The summed E-state index contributed by atoms with van der Waals surface area (Å²) in [7, 11) is -1.92. The standard InChI is InChI=1S/C9H12N2O2S2/c1-8(5-6-10)11(2)15(12,13)9-4-3-7-14-9/h3-4,7-8H,5H2,1-2H3. The van der Waals surface area contributed by atoms with E-state index in [1.807, 2.05) is 6.07 Å². The van der Waals surface area contributed by atoms with Crippen LogP contribution < -0.4 is 0 Å². The van der Waals surface area contributed by atoms with Crippen molar-refractivity contribution in [1.29, 1.82) is 5.26 Å². The predicted octanol–water partition coefficient (Wildman–Crippen LogP) is 1.67. The number of sulfonamides is 1. The summed E-state index contributed by atoms with van der Waals surface area (Å²) in [6.07, 6.45) is 0.196. The van der Waals surface area contributed by atoms with Crippen LogP contribution in [0.4, 0.5) is 0 Å². The first-order valence-electron chi connectivity index (χ1n) is 4.38. The van der Waals surface area contributed by atoms with Crippen molar-refractivity contribution >= 4 is 21.4 Å². The molecule has 0 saturated carbocycles. The van der Waals surface area contributed by atoms with Gasteiger partial charge in [0.25, 0.3) is 10.0 Å². The summed E-state index contributed by atoms with van der Waals surface area (Å²) in [5, 5.41) is 10.2. The minimum Gasteiger partial charge on any atom is -0.206 e. The summed E-state index contributed by atoms with van der Waals surface area (Å²) < 4.78 is 25.4. The molecule has 15 heavy (non-hydrogen) atoms. The third-order valence-electron chi connectivity index (χ3n) is 2.14. The molecule has 1 aromatic heterocycles. The molecule has 0 saturated heterocycles. The summed E-state index contributed by atoms with van der Waals surface area (Å²) >= 11 is 1.18. The van der Waals surface area contributed by atoms with Gasteiger partial charge in [0.1, 0.15) is 4.21 Å². The molecule has 0 aliphatic rings. The Kier molecular flexibility index (Phi) is 3.85. The molecule has 1 heterocycles. The first-order chi connectivity index (χ1) is 7.00. The number of hydrogen-bond donors (Lipinski definition) is 0. The first kappa shape index (κ1) is 12.2. The van der Waals surface area contributed by atoms with E-state index in [2.05, 4.69) is 0 Å². The highest BCUT2D eigenvalue weighted by molar-refractivity contribution is 7.91. The van der Waals surface area contributed by atoms with Crippen molar-refractivity contribution in [3.05, 3.63) is 17.5 Å². The van der Waals surface area contributed by atoms with Crippen LogP contribution in [0.1, 0.15) is 13.3 Å². The Hall–Kier alpha value is -0.900. The molecule has 0 N–H and O–H groups in total. The molecule has 82 valence electrons. The predicted molar refractivity (Wildman–Crippen MR) is 59.0 cm³/mol. The third kappa shape index (κ3) is 2.56. The van der Waals surface area contributed by atoms with Gasteiger partial charge in [-0.3, -0.25) is 0 Å². The lowest BCUT2D eigenvalue weighted by atomic mass is 10.3. The van der Waals surface area contributed by atoms with Crippen molar-refractivity contribution in [1.82, 2.24) is 4.31 Å². The fourth-order valence-corrected chi connectivity index (χ4v) is 3.59. The molecule has 0 amide bonds. The van der Waals surface area contributed by atoms with E-state index < -0.39 is 10.0 Å². The molecular weight excluding hydrogens is 232 g/mol. The van der Waals surface area contributed by atoms with Crippen LogP contribution in [0.5, 0.6) is 0 Å². The zero-order chi connectivity index (χ0) is 11.5. The van der Waals surface area contributed by atoms with E-state index in [1.165, 1.54) is 22.7 Å². The Labute approximate surface area is 93.8 Å². The Morgan fingerprint density at radius 3 is 2.80 bits per heavy atom. The molecule has 1 rings (SSSR count). The number of thiophene rings is 1. The van der Waals surface area contributed by atoms with Gasteiger partial charge in [-0.1, -0.05) is 6.07 Å². The molecule has 0 aromatic carbocycles. The van der Waals surface area contributed by atoms with Crippen LogP contribution in [0.3, 0.4) is 0 Å².